The zero-order valence-electron chi connectivity index (χ0n) is 9.34. The molecule has 0 spiro atoms. The van der Waals surface area contributed by atoms with Crippen LogP contribution in [0.25, 0.3) is 0 Å². The fraction of sp³-hybridized carbons (Fsp3) is 0.700. The number of halogens is 1. The van der Waals surface area contributed by atoms with Gasteiger partial charge in [-0.25, -0.2) is 4.39 Å². The second-order valence-corrected chi connectivity index (χ2v) is 4.36. The number of amides is 1. The minimum Gasteiger partial charge on any atom is -0.396 e. The number of hydrogen-bond donors (Lipinski definition) is 2. The van der Waals surface area contributed by atoms with E-state index in [9.17, 15) is 9.18 Å². The predicted octanol–water partition coefficient (Wildman–Crippen LogP) is 1.48. The standard InChI is InChI=1S/C10H18FNO2S/c1-7(2)9(11)10(14)12-8(4-5-13)6-15-3/h8,13H,4-6H2,1-3H3,(H,12,14). The summed E-state index contributed by atoms with van der Waals surface area (Å²) in [5.41, 5.74) is 0.361. The third-order valence-corrected chi connectivity index (χ3v) is 2.55. The number of carbonyl (C=O) groups excluding carboxylic acids is 1. The lowest BCUT2D eigenvalue weighted by Gasteiger charge is -2.16. The molecule has 0 aliphatic carbocycles. The Morgan fingerprint density at radius 3 is 2.53 bits per heavy atom. The Hall–Kier alpha value is -0.550. The SMILES string of the molecule is CSCC(CCO)NC(=O)C(F)=C(C)C. The Morgan fingerprint density at radius 1 is 1.53 bits per heavy atom. The molecule has 0 aromatic heterocycles. The topological polar surface area (TPSA) is 49.3 Å². The molecule has 0 heterocycles. The lowest BCUT2D eigenvalue weighted by Crippen LogP contribution is -2.37. The van der Waals surface area contributed by atoms with Crippen molar-refractivity contribution < 1.29 is 14.3 Å². The number of nitrogens with one attached hydrogen (secondary N) is 1. The maximum atomic E-state index is 13.2. The molecule has 0 aliphatic rings. The fourth-order valence-corrected chi connectivity index (χ4v) is 1.68. The van der Waals surface area contributed by atoms with E-state index in [1.165, 1.54) is 0 Å². The smallest absolute Gasteiger partial charge is 0.280 e. The highest BCUT2D eigenvalue weighted by Crippen LogP contribution is 2.07. The molecule has 1 unspecified atom stereocenters. The van der Waals surface area contributed by atoms with Crippen molar-refractivity contribution in [2.75, 3.05) is 18.6 Å². The maximum Gasteiger partial charge on any atom is 0.280 e. The Morgan fingerprint density at radius 2 is 2.13 bits per heavy atom. The zero-order chi connectivity index (χ0) is 11.8. The van der Waals surface area contributed by atoms with E-state index in [-0.39, 0.29) is 12.6 Å². The molecule has 0 aliphatic heterocycles. The van der Waals surface area contributed by atoms with Gasteiger partial charge in [0.2, 0.25) is 0 Å². The van der Waals surface area contributed by atoms with E-state index in [1.54, 1.807) is 25.6 Å². The van der Waals surface area contributed by atoms with Crippen molar-refractivity contribution in [2.45, 2.75) is 26.3 Å². The van der Waals surface area contributed by atoms with Crippen LogP contribution >= 0.6 is 11.8 Å². The van der Waals surface area contributed by atoms with E-state index in [1.807, 2.05) is 6.26 Å². The minimum atomic E-state index is -0.737. The van der Waals surface area contributed by atoms with E-state index in [4.69, 9.17) is 5.11 Å². The molecule has 88 valence electrons. The van der Waals surface area contributed by atoms with Crippen molar-refractivity contribution in [3.8, 4) is 0 Å². The number of aliphatic hydroxyl groups is 1. The summed E-state index contributed by atoms with van der Waals surface area (Å²) in [4.78, 5) is 11.3. The van der Waals surface area contributed by atoms with E-state index < -0.39 is 11.7 Å². The molecular formula is C10H18FNO2S. The van der Waals surface area contributed by atoms with Crippen LogP contribution in [-0.4, -0.2) is 35.7 Å². The first-order chi connectivity index (χ1) is 7.02. The van der Waals surface area contributed by atoms with Gasteiger partial charge in [0.05, 0.1) is 0 Å². The van der Waals surface area contributed by atoms with Gasteiger partial charge in [-0.1, -0.05) is 0 Å². The van der Waals surface area contributed by atoms with Gasteiger partial charge in [0.25, 0.3) is 5.91 Å². The van der Waals surface area contributed by atoms with Crippen molar-refractivity contribution in [3.05, 3.63) is 11.4 Å². The minimum absolute atomic E-state index is 0.0120. The normalized spacial score (nSPS) is 12.1. The molecule has 0 rings (SSSR count). The molecule has 1 atom stereocenters. The van der Waals surface area contributed by atoms with Crippen molar-refractivity contribution in [1.29, 1.82) is 0 Å². The van der Waals surface area contributed by atoms with Crippen LogP contribution in [0.1, 0.15) is 20.3 Å². The molecule has 0 saturated carbocycles. The van der Waals surface area contributed by atoms with Gasteiger partial charge in [0.15, 0.2) is 5.83 Å². The molecule has 0 bridgehead atoms. The largest absolute Gasteiger partial charge is 0.396 e. The molecule has 1 amide bonds. The molecule has 2 N–H and O–H groups in total. The number of thioether (sulfide) groups is 1. The van der Waals surface area contributed by atoms with Gasteiger partial charge in [-0.2, -0.15) is 11.8 Å². The molecule has 15 heavy (non-hydrogen) atoms. The summed E-state index contributed by atoms with van der Waals surface area (Å²) in [6.07, 6.45) is 2.34. The summed E-state index contributed by atoms with van der Waals surface area (Å²) in [6, 6.07) is -0.178. The van der Waals surface area contributed by atoms with Crippen LogP contribution in [-0.2, 0) is 4.79 Å². The third kappa shape index (κ3) is 5.79. The molecular weight excluding hydrogens is 217 g/mol. The summed E-state index contributed by atoms with van der Waals surface area (Å²) in [5.74, 6) is -0.760. The number of carbonyl (C=O) groups is 1. The predicted molar refractivity (Wildman–Crippen MR) is 61.5 cm³/mol. The first-order valence-electron chi connectivity index (χ1n) is 4.76. The van der Waals surface area contributed by atoms with Gasteiger partial charge in [-0.15, -0.1) is 0 Å². The summed E-state index contributed by atoms with van der Waals surface area (Å²) < 4.78 is 13.2. The van der Waals surface area contributed by atoms with Gasteiger partial charge in [0.1, 0.15) is 0 Å². The second kappa shape index (κ2) is 7.70. The van der Waals surface area contributed by atoms with Crippen LogP contribution < -0.4 is 5.32 Å². The van der Waals surface area contributed by atoms with E-state index in [0.717, 1.165) is 0 Å². The van der Waals surface area contributed by atoms with E-state index >= 15 is 0 Å². The summed E-state index contributed by atoms with van der Waals surface area (Å²) in [5, 5.41) is 11.3. The number of rotatable bonds is 6. The monoisotopic (exact) mass is 235 g/mol. The Kier molecular flexibility index (Phi) is 7.42. The van der Waals surface area contributed by atoms with Gasteiger partial charge in [0, 0.05) is 18.4 Å². The summed E-state index contributed by atoms with van der Waals surface area (Å²) in [6.45, 7) is 3.08. The van der Waals surface area contributed by atoms with Crippen LogP contribution in [0.15, 0.2) is 11.4 Å². The lowest BCUT2D eigenvalue weighted by molar-refractivity contribution is -0.119. The first kappa shape index (κ1) is 14.5. The van der Waals surface area contributed by atoms with Crippen LogP contribution in [0.3, 0.4) is 0 Å². The molecule has 0 fully saturated rings. The maximum absolute atomic E-state index is 13.2. The average Bonchev–Trinajstić information content (AvgIpc) is 2.17. The highest BCUT2D eigenvalue weighted by atomic mass is 32.2. The summed E-state index contributed by atoms with van der Waals surface area (Å²) in [7, 11) is 0. The Labute approximate surface area is 94.1 Å². The molecule has 0 saturated heterocycles. The zero-order valence-corrected chi connectivity index (χ0v) is 10.2. The molecule has 0 aromatic carbocycles. The lowest BCUT2D eigenvalue weighted by atomic mass is 10.2. The molecule has 0 radical (unpaired) electrons. The summed E-state index contributed by atoms with van der Waals surface area (Å²) >= 11 is 1.55. The quantitative estimate of drug-likeness (QED) is 0.686. The molecule has 5 heteroatoms. The second-order valence-electron chi connectivity index (χ2n) is 3.45. The highest BCUT2D eigenvalue weighted by molar-refractivity contribution is 7.98. The van der Waals surface area contributed by atoms with Crippen molar-refractivity contribution in [2.24, 2.45) is 0 Å². The van der Waals surface area contributed by atoms with Crippen LogP contribution in [0.5, 0.6) is 0 Å². The van der Waals surface area contributed by atoms with E-state index in [2.05, 4.69) is 5.32 Å². The highest BCUT2D eigenvalue weighted by Gasteiger charge is 2.15. The van der Waals surface area contributed by atoms with Crippen LogP contribution in [0.2, 0.25) is 0 Å². The number of hydrogen-bond acceptors (Lipinski definition) is 3. The average molecular weight is 235 g/mol. The van der Waals surface area contributed by atoms with Crippen molar-refractivity contribution >= 4 is 17.7 Å². The van der Waals surface area contributed by atoms with Crippen LogP contribution in [0.4, 0.5) is 4.39 Å². The third-order valence-electron chi connectivity index (χ3n) is 1.82. The van der Waals surface area contributed by atoms with Crippen LogP contribution in [0, 0.1) is 0 Å². The van der Waals surface area contributed by atoms with E-state index in [0.29, 0.717) is 17.7 Å². The number of aliphatic hydroxyl groups excluding tert-OH is 1. The van der Waals surface area contributed by atoms with Gasteiger partial charge in [-0.05, 0) is 32.1 Å². The Bertz CT molecular complexity index is 234. The van der Waals surface area contributed by atoms with Gasteiger partial charge in [-0.3, -0.25) is 4.79 Å². The van der Waals surface area contributed by atoms with Crippen molar-refractivity contribution in [3.63, 3.8) is 0 Å². The molecule has 0 aromatic rings. The van der Waals surface area contributed by atoms with Crippen molar-refractivity contribution in [1.82, 2.24) is 5.32 Å². The fourth-order valence-electron chi connectivity index (χ4n) is 1.03. The van der Waals surface area contributed by atoms with Gasteiger partial charge < -0.3 is 10.4 Å². The Balaban J connectivity index is 4.28. The molecule has 3 nitrogen and oxygen atoms in total. The van der Waals surface area contributed by atoms with Gasteiger partial charge >= 0.3 is 0 Å². The first-order valence-corrected chi connectivity index (χ1v) is 6.16. The number of allylic oxidation sites excluding steroid dienone is 1.